The molecular weight excluding hydrogens is 616 g/mol. The van der Waals surface area contributed by atoms with Crippen molar-refractivity contribution in [3.8, 4) is 0 Å². The summed E-state index contributed by atoms with van der Waals surface area (Å²) in [6, 6.07) is -3.08. The van der Waals surface area contributed by atoms with E-state index in [-0.39, 0.29) is 39.5 Å². The number of carbonyl (C=O) groups excluding carboxylic acids is 8. The van der Waals surface area contributed by atoms with Gasteiger partial charge in [0.1, 0.15) is 31.3 Å². The van der Waals surface area contributed by atoms with E-state index in [4.69, 9.17) is 0 Å². The molecule has 0 rings (SSSR count). The topological polar surface area (TPSA) is 321 Å². The summed E-state index contributed by atoms with van der Waals surface area (Å²) in [5, 5.41) is 47.4. The lowest BCUT2D eigenvalue weighted by atomic mass is 10.2. The molecule has 0 heterocycles. The predicted octanol–water partition coefficient (Wildman–Crippen LogP) is -7.50. The molecule has 0 saturated heterocycles. The van der Waals surface area contributed by atoms with Crippen molar-refractivity contribution in [3.63, 3.8) is 0 Å². The third-order valence-corrected chi connectivity index (χ3v) is 4.67. The lowest BCUT2D eigenvalue weighted by Gasteiger charge is -2.27. The van der Waals surface area contributed by atoms with Crippen LogP contribution in [0.1, 0.15) is 39.5 Å². The van der Waals surface area contributed by atoms with Crippen LogP contribution in [0, 0.1) is 0 Å². The first kappa shape index (κ1) is 43.6. The van der Waals surface area contributed by atoms with E-state index >= 15 is 0 Å². The molecule has 0 aliphatic carbocycles. The van der Waals surface area contributed by atoms with Gasteiger partial charge in [-0.05, 0) is 42.0 Å². The van der Waals surface area contributed by atoms with Gasteiger partial charge in [-0.1, -0.05) is 0 Å². The second-order valence-corrected chi connectivity index (χ2v) is 9.72. The maximum atomic E-state index is 11.7. The van der Waals surface area contributed by atoms with Crippen molar-refractivity contribution in [1.29, 1.82) is 0 Å². The highest BCUT2D eigenvalue weighted by Crippen LogP contribution is 1.99. The zero-order valence-electron chi connectivity index (χ0n) is 26.8. The van der Waals surface area contributed by atoms with Crippen LogP contribution in [0.4, 0.5) is 0 Å². The second kappa shape index (κ2) is 23.8. The maximum absolute atomic E-state index is 11.7. The van der Waals surface area contributed by atoms with E-state index in [2.05, 4.69) is 53.2 Å². The van der Waals surface area contributed by atoms with Gasteiger partial charge in [0.2, 0.25) is 47.3 Å². The van der Waals surface area contributed by atoms with E-state index in [1.807, 2.05) is 0 Å². The second-order valence-electron chi connectivity index (χ2n) is 9.72. The Morgan fingerprint density at radius 2 is 0.630 bits per heavy atom. The van der Waals surface area contributed by atoms with Crippen LogP contribution in [0.3, 0.4) is 0 Å². The summed E-state index contributed by atoms with van der Waals surface area (Å²) in [6.45, 7) is 3.89. The van der Waals surface area contributed by atoms with Crippen molar-refractivity contribution < 1.29 is 48.6 Å². The molecule has 14 N–H and O–H groups in total. The Balaban J connectivity index is 0. The monoisotopic (exact) mass is 664 g/mol. The highest BCUT2D eigenvalue weighted by Gasteiger charge is 2.29. The van der Waals surface area contributed by atoms with Gasteiger partial charge in [0.05, 0.1) is 26.7 Å². The molecule has 264 valence electrons. The van der Waals surface area contributed by atoms with E-state index in [0.717, 1.165) is 0 Å². The molecule has 0 atom stereocenters. The number of nitrogens with one attached hydrogen (secondary N) is 12. The molecule has 0 aromatic carbocycles. The SMILES string of the molecule is CNCNC(=O)CC(=O)NC(C)(C)NC(=O)CC(=O)NCNC.CNCNC(=O)CC(=O)NC(O)(O)NC(=O)CC(=O)NCNC. The van der Waals surface area contributed by atoms with Crippen LogP contribution in [0.25, 0.3) is 0 Å². The number of aliphatic hydroxyl groups is 2. The van der Waals surface area contributed by atoms with Crippen molar-refractivity contribution >= 4 is 47.3 Å². The van der Waals surface area contributed by atoms with Gasteiger partial charge in [-0.25, -0.2) is 0 Å². The minimum atomic E-state index is -3.08. The van der Waals surface area contributed by atoms with E-state index < -0.39 is 71.8 Å². The smallest absolute Gasteiger partial charge is 0.337 e. The van der Waals surface area contributed by atoms with Gasteiger partial charge in [0, 0.05) is 0 Å². The van der Waals surface area contributed by atoms with Gasteiger partial charge in [-0.15, -0.1) is 0 Å². The number of hydrogen-bond donors (Lipinski definition) is 14. The summed E-state index contributed by atoms with van der Waals surface area (Å²) in [5.74, 6) is -5.36. The summed E-state index contributed by atoms with van der Waals surface area (Å²) in [6.07, 6.45) is -2.07. The largest absolute Gasteiger partial charge is 0.343 e. The molecule has 0 aliphatic heterocycles. The van der Waals surface area contributed by atoms with E-state index in [0.29, 0.717) is 0 Å². The molecular formula is C24H48N12O10. The Morgan fingerprint density at radius 1 is 0.413 bits per heavy atom. The summed E-state index contributed by atoms with van der Waals surface area (Å²) < 4.78 is 0. The molecule has 0 aliphatic rings. The number of amides is 8. The summed E-state index contributed by atoms with van der Waals surface area (Å²) >= 11 is 0. The summed E-state index contributed by atoms with van der Waals surface area (Å²) in [4.78, 5) is 91.7. The first-order valence-electron chi connectivity index (χ1n) is 13.7. The van der Waals surface area contributed by atoms with E-state index in [1.165, 1.54) is 0 Å². The molecule has 46 heavy (non-hydrogen) atoms. The van der Waals surface area contributed by atoms with Crippen molar-refractivity contribution in [2.45, 2.75) is 51.2 Å². The van der Waals surface area contributed by atoms with Gasteiger partial charge in [-0.3, -0.25) is 49.0 Å². The normalized spacial score (nSPS) is 10.6. The zero-order chi connectivity index (χ0) is 35.8. The lowest BCUT2D eigenvalue weighted by molar-refractivity contribution is -0.210. The van der Waals surface area contributed by atoms with Crippen LogP contribution >= 0.6 is 0 Å². The molecule has 22 heteroatoms. The molecule has 0 aromatic heterocycles. The maximum Gasteiger partial charge on any atom is 0.337 e. The van der Waals surface area contributed by atoms with Crippen molar-refractivity contribution in [1.82, 2.24) is 63.8 Å². The van der Waals surface area contributed by atoms with Crippen LogP contribution < -0.4 is 63.8 Å². The Bertz CT molecular complexity index is 883. The first-order chi connectivity index (χ1) is 21.4. The Morgan fingerprint density at radius 3 is 0.848 bits per heavy atom. The minimum Gasteiger partial charge on any atom is -0.343 e. The molecule has 0 aromatic rings. The van der Waals surface area contributed by atoms with Gasteiger partial charge in [0.15, 0.2) is 0 Å². The average molecular weight is 665 g/mol. The third kappa shape index (κ3) is 26.0. The fourth-order valence-electron chi connectivity index (χ4n) is 2.91. The van der Waals surface area contributed by atoms with Crippen LogP contribution in [-0.4, -0.2) is 124 Å². The Hall–Kier alpha value is -4.48. The molecule has 22 nitrogen and oxygen atoms in total. The van der Waals surface area contributed by atoms with Gasteiger partial charge in [-0.2, -0.15) is 0 Å². The fourth-order valence-corrected chi connectivity index (χ4v) is 2.91. The molecule has 0 spiro atoms. The van der Waals surface area contributed by atoms with Crippen LogP contribution in [0.2, 0.25) is 0 Å². The molecule has 0 saturated carbocycles. The highest BCUT2D eigenvalue weighted by atomic mass is 16.6. The molecule has 0 fully saturated rings. The van der Waals surface area contributed by atoms with Crippen molar-refractivity contribution in [2.24, 2.45) is 0 Å². The van der Waals surface area contributed by atoms with Crippen LogP contribution in [0.5, 0.6) is 0 Å². The minimum absolute atomic E-state index is 0.133. The van der Waals surface area contributed by atoms with Gasteiger partial charge in [0.25, 0.3) is 0 Å². The number of rotatable bonds is 20. The van der Waals surface area contributed by atoms with Gasteiger partial charge >= 0.3 is 6.03 Å². The molecule has 0 bridgehead atoms. The summed E-state index contributed by atoms with van der Waals surface area (Å²) in [7, 11) is 6.47. The molecule has 8 amide bonds. The fraction of sp³-hybridized carbons (Fsp3) is 0.667. The third-order valence-electron chi connectivity index (χ3n) is 4.67. The zero-order valence-corrected chi connectivity index (χ0v) is 26.8. The van der Waals surface area contributed by atoms with Crippen molar-refractivity contribution in [2.75, 3.05) is 54.9 Å². The standard InChI is InChI=1S/C13H26N6O4.C11H22N6O6/c1-13(2,18-11(22)5-9(20)16-7-14-3)19-12(23)6-10(21)17-8-15-4;1-12-5-14-7(18)3-9(20)16-11(22,23)17-10(21)4-8(19)15-6-13-2/h14-15H,5-8H2,1-4H3,(H,16,20)(H,17,21)(H,18,22)(H,19,23);12-13,22-23H,3-6H2,1-2H3,(H,14,18)(H,15,19)(H,16,20)(H,17,21). The summed E-state index contributed by atoms with van der Waals surface area (Å²) in [5.41, 5.74) is -1.08. The number of hydrogen-bond acceptors (Lipinski definition) is 14. The predicted molar refractivity (Wildman–Crippen MR) is 161 cm³/mol. The lowest BCUT2D eigenvalue weighted by Crippen LogP contribution is -2.61. The van der Waals surface area contributed by atoms with Gasteiger partial charge < -0.3 is 63.4 Å². The Kier molecular flexibility index (Phi) is 22.6. The quantitative estimate of drug-likeness (QED) is 0.0425. The highest BCUT2D eigenvalue weighted by molar-refractivity contribution is 5.99. The first-order valence-corrected chi connectivity index (χ1v) is 13.7. The molecule has 0 radical (unpaired) electrons. The van der Waals surface area contributed by atoms with E-state index in [9.17, 15) is 48.6 Å². The van der Waals surface area contributed by atoms with E-state index in [1.54, 1.807) is 52.7 Å². The Labute approximate surface area is 266 Å². The number of carbonyl (C=O) groups is 8. The van der Waals surface area contributed by atoms with Crippen LogP contribution in [-0.2, 0) is 38.4 Å². The molecule has 0 unspecified atom stereocenters. The average Bonchev–Trinajstić information content (AvgIpc) is 2.91. The van der Waals surface area contributed by atoms with Crippen molar-refractivity contribution in [3.05, 3.63) is 0 Å². The van der Waals surface area contributed by atoms with Crippen LogP contribution in [0.15, 0.2) is 0 Å².